The lowest BCUT2D eigenvalue weighted by molar-refractivity contribution is 0.0950. The van der Waals surface area contributed by atoms with Gasteiger partial charge in [-0.15, -0.1) is 0 Å². The van der Waals surface area contributed by atoms with Gasteiger partial charge >= 0.3 is 0 Å². The number of aryl methyl sites for hydroxylation is 3. The third-order valence-electron chi connectivity index (χ3n) is 5.72. The minimum atomic E-state index is -0.00428. The number of nitrogens with zero attached hydrogens (tertiary/aromatic N) is 3. The highest BCUT2D eigenvalue weighted by Crippen LogP contribution is 2.30. The van der Waals surface area contributed by atoms with E-state index >= 15 is 0 Å². The van der Waals surface area contributed by atoms with Gasteiger partial charge in [0.25, 0.3) is 5.91 Å². The largest absolute Gasteiger partial charge is 0.350 e. The maximum absolute atomic E-state index is 12.8. The summed E-state index contributed by atoms with van der Waals surface area (Å²) < 4.78 is 2.10. The molecule has 1 aliphatic carbocycles. The Morgan fingerprint density at radius 1 is 1.07 bits per heavy atom. The first-order chi connectivity index (χ1) is 14.0. The van der Waals surface area contributed by atoms with Crippen molar-refractivity contribution in [3.63, 3.8) is 0 Å². The molecular weight excluding hydrogens is 360 g/mol. The first-order valence-corrected chi connectivity index (χ1v) is 10.4. The van der Waals surface area contributed by atoms with Gasteiger partial charge in [0.15, 0.2) is 0 Å². The summed E-state index contributed by atoms with van der Waals surface area (Å²) in [6.45, 7) is 7.31. The maximum Gasteiger partial charge on any atom is 0.251 e. The van der Waals surface area contributed by atoms with Crippen LogP contribution in [0.15, 0.2) is 36.7 Å². The Morgan fingerprint density at radius 2 is 1.76 bits per heavy atom. The summed E-state index contributed by atoms with van der Waals surface area (Å²) in [4.78, 5) is 16.9. The van der Waals surface area contributed by atoms with Gasteiger partial charge in [-0.25, -0.2) is 0 Å². The van der Waals surface area contributed by atoms with Gasteiger partial charge in [0.1, 0.15) is 0 Å². The van der Waals surface area contributed by atoms with Crippen molar-refractivity contribution >= 4 is 5.91 Å². The van der Waals surface area contributed by atoms with E-state index in [1.807, 2.05) is 38.4 Å². The summed E-state index contributed by atoms with van der Waals surface area (Å²) in [7, 11) is 0. The van der Waals surface area contributed by atoms with Crippen molar-refractivity contribution in [2.24, 2.45) is 0 Å². The third-order valence-corrected chi connectivity index (χ3v) is 5.72. The molecule has 0 aliphatic heterocycles. The van der Waals surface area contributed by atoms with E-state index < -0.39 is 0 Å². The average Bonchev–Trinajstić information content (AvgIpc) is 3.07. The van der Waals surface area contributed by atoms with Crippen molar-refractivity contribution in [1.29, 1.82) is 0 Å². The number of rotatable bonds is 5. The summed E-state index contributed by atoms with van der Waals surface area (Å²) in [6.07, 6.45) is 8.16. The van der Waals surface area contributed by atoms with Gasteiger partial charge in [-0.2, -0.15) is 5.10 Å². The zero-order valence-electron chi connectivity index (χ0n) is 17.5. The zero-order chi connectivity index (χ0) is 20.4. The number of aromatic nitrogens is 3. The number of carbonyl (C=O) groups excluding carboxylic acids is 1. The lowest BCUT2D eigenvalue weighted by Crippen LogP contribution is -2.29. The van der Waals surface area contributed by atoms with Crippen LogP contribution in [0.1, 0.15) is 51.1 Å². The first-order valence-electron chi connectivity index (χ1n) is 10.4. The molecule has 5 heteroatoms. The summed E-state index contributed by atoms with van der Waals surface area (Å²) in [5.41, 5.74) is 8.89. The van der Waals surface area contributed by atoms with E-state index in [4.69, 9.17) is 5.10 Å². The molecule has 1 aromatic carbocycles. The quantitative estimate of drug-likeness (QED) is 0.713. The SMILES string of the molecule is Cc1cc(C)c(C(=O)NCCn2nc(-c3ccncc3)c3c2CCCC3)c(C)c1. The molecule has 0 spiro atoms. The second kappa shape index (κ2) is 8.19. The molecule has 0 saturated heterocycles. The monoisotopic (exact) mass is 388 g/mol. The second-order valence-corrected chi connectivity index (χ2v) is 7.97. The Bertz CT molecular complexity index is 1010. The Hall–Kier alpha value is -2.95. The molecule has 2 heterocycles. The van der Waals surface area contributed by atoms with Crippen LogP contribution in [-0.2, 0) is 19.4 Å². The number of benzene rings is 1. The van der Waals surface area contributed by atoms with Crippen molar-refractivity contribution in [3.8, 4) is 11.3 Å². The minimum Gasteiger partial charge on any atom is -0.350 e. The van der Waals surface area contributed by atoms with Crippen LogP contribution in [0.5, 0.6) is 0 Å². The third kappa shape index (κ3) is 3.95. The van der Waals surface area contributed by atoms with E-state index in [0.717, 1.165) is 40.8 Å². The highest BCUT2D eigenvalue weighted by Gasteiger charge is 2.21. The zero-order valence-corrected chi connectivity index (χ0v) is 17.5. The molecule has 0 bridgehead atoms. The lowest BCUT2D eigenvalue weighted by Gasteiger charge is -2.15. The fraction of sp³-hybridized carbons (Fsp3) is 0.375. The number of hydrogen-bond donors (Lipinski definition) is 1. The number of pyridine rings is 1. The van der Waals surface area contributed by atoms with Crippen molar-refractivity contribution in [2.45, 2.75) is 53.0 Å². The van der Waals surface area contributed by atoms with E-state index in [2.05, 4.69) is 34.0 Å². The van der Waals surface area contributed by atoms with Gasteiger partial charge in [-0.05, 0) is 69.7 Å². The molecule has 0 radical (unpaired) electrons. The molecule has 0 saturated carbocycles. The lowest BCUT2D eigenvalue weighted by atomic mass is 9.94. The van der Waals surface area contributed by atoms with Crippen molar-refractivity contribution < 1.29 is 4.79 Å². The molecule has 2 aromatic heterocycles. The highest BCUT2D eigenvalue weighted by atomic mass is 16.1. The Kier molecular flexibility index (Phi) is 5.47. The van der Waals surface area contributed by atoms with Crippen LogP contribution in [0, 0.1) is 20.8 Å². The van der Waals surface area contributed by atoms with Gasteiger partial charge in [-0.1, -0.05) is 17.7 Å². The van der Waals surface area contributed by atoms with Crippen molar-refractivity contribution in [1.82, 2.24) is 20.1 Å². The molecule has 0 fully saturated rings. The van der Waals surface area contributed by atoms with Crippen LogP contribution in [0.4, 0.5) is 0 Å². The molecule has 0 atom stereocenters. The average molecular weight is 389 g/mol. The van der Waals surface area contributed by atoms with Gasteiger partial charge in [0, 0.05) is 41.3 Å². The summed E-state index contributed by atoms with van der Waals surface area (Å²) in [5, 5.41) is 8.01. The van der Waals surface area contributed by atoms with Crippen LogP contribution in [0.3, 0.4) is 0 Å². The summed E-state index contributed by atoms with van der Waals surface area (Å²) >= 11 is 0. The molecule has 150 valence electrons. The first kappa shape index (κ1) is 19.4. The Labute approximate surface area is 172 Å². The maximum atomic E-state index is 12.8. The van der Waals surface area contributed by atoms with Crippen molar-refractivity contribution in [2.75, 3.05) is 6.54 Å². The standard InChI is InChI=1S/C24H28N4O/c1-16-14-17(2)22(18(3)15-16)24(29)26-12-13-28-21-7-5-4-6-20(21)23(27-28)19-8-10-25-11-9-19/h8-11,14-15H,4-7,12-13H2,1-3H3,(H,26,29). The van der Waals surface area contributed by atoms with Crippen LogP contribution < -0.4 is 5.32 Å². The Morgan fingerprint density at radius 3 is 2.48 bits per heavy atom. The number of hydrogen-bond acceptors (Lipinski definition) is 3. The molecule has 1 amide bonds. The van der Waals surface area contributed by atoms with Crippen LogP contribution >= 0.6 is 0 Å². The molecule has 0 unspecified atom stereocenters. The Balaban J connectivity index is 1.51. The van der Waals surface area contributed by atoms with E-state index in [9.17, 15) is 4.79 Å². The molecular formula is C24H28N4O. The number of nitrogens with one attached hydrogen (secondary N) is 1. The van der Waals surface area contributed by atoms with Crippen LogP contribution in [-0.4, -0.2) is 27.2 Å². The molecule has 4 rings (SSSR count). The highest BCUT2D eigenvalue weighted by molar-refractivity contribution is 5.97. The number of fused-ring (bicyclic) bond motifs is 1. The normalized spacial score (nSPS) is 13.2. The van der Waals surface area contributed by atoms with Crippen LogP contribution in [0.25, 0.3) is 11.3 Å². The molecule has 1 N–H and O–H groups in total. The van der Waals surface area contributed by atoms with Gasteiger partial charge in [0.05, 0.1) is 12.2 Å². The van der Waals surface area contributed by atoms with E-state index in [-0.39, 0.29) is 5.91 Å². The fourth-order valence-corrected chi connectivity index (χ4v) is 4.50. The van der Waals surface area contributed by atoms with Gasteiger partial charge in [0.2, 0.25) is 0 Å². The predicted octanol–water partition coefficient (Wildman–Crippen LogP) is 4.18. The minimum absolute atomic E-state index is 0.00428. The second-order valence-electron chi connectivity index (χ2n) is 7.97. The molecule has 29 heavy (non-hydrogen) atoms. The summed E-state index contributed by atoms with van der Waals surface area (Å²) in [5.74, 6) is -0.00428. The topological polar surface area (TPSA) is 59.8 Å². The smallest absolute Gasteiger partial charge is 0.251 e. The number of carbonyl (C=O) groups is 1. The van der Waals surface area contributed by atoms with Crippen LogP contribution in [0.2, 0.25) is 0 Å². The fourth-order valence-electron chi connectivity index (χ4n) is 4.50. The number of amides is 1. The molecule has 3 aromatic rings. The summed E-state index contributed by atoms with van der Waals surface area (Å²) in [6, 6.07) is 8.16. The van der Waals surface area contributed by atoms with E-state index in [0.29, 0.717) is 13.1 Å². The van der Waals surface area contributed by atoms with Crippen molar-refractivity contribution in [3.05, 3.63) is 70.2 Å². The molecule has 5 nitrogen and oxygen atoms in total. The van der Waals surface area contributed by atoms with E-state index in [1.54, 1.807) is 0 Å². The van der Waals surface area contributed by atoms with Gasteiger partial charge < -0.3 is 5.32 Å². The van der Waals surface area contributed by atoms with Gasteiger partial charge in [-0.3, -0.25) is 14.5 Å². The molecule has 1 aliphatic rings. The van der Waals surface area contributed by atoms with E-state index in [1.165, 1.54) is 29.7 Å². The predicted molar refractivity (Wildman–Crippen MR) is 115 cm³/mol.